The first-order chi connectivity index (χ1) is 33.7. The minimum atomic E-state index is -0.604. The Bertz CT molecular complexity index is 3320. The average molecular weight is 869 g/mol. The fourth-order valence-corrected chi connectivity index (χ4v) is 10.0. The molecule has 1 aliphatic rings. The molecule has 0 spiro atoms. The van der Waals surface area contributed by atoms with Crippen LogP contribution in [0.3, 0.4) is 0 Å². The van der Waals surface area contributed by atoms with Crippen molar-refractivity contribution in [1.29, 1.82) is 0 Å². The van der Waals surface area contributed by atoms with Crippen LogP contribution in [0.25, 0.3) is 67.5 Å². The van der Waals surface area contributed by atoms with Crippen LogP contribution >= 0.6 is 0 Å². The van der Waals surface area contributed by atoms with Gasteiger partial charge in [-0.2, -0.15) is 0 Å². The fraction of sp³-hybridized carbons (Fsp3) is 0.0156. The third-order valence-electron chi connectivity index (χ3n) is 13.3. The normalized spacial score (nSPS) is 12.2. The van der Waals surface area contributed by atoms with E-state index < -0.39 is 5.41 Å². The number of hydrogen-bond acceptors (Lipinski definition) is 4. The molecule has 0 fully saturated rings. The lowest BCUT2D eigenvalue weighted by molar-refractivity contribution is 0.768. The summed E-state index contributed by atoms with van der Waals surface area (Å²) in [4.78, 5) is 17.4. The highest BCUT2D eigenvalue weighted by molar-refractivity contribution is 5.87. The second kappa shape index (κ2) is 17.4. The van der Waals surface area contributed by atoms with Gasteiger partial charge in [0, 0.05) is 33.8 Å². The lowest BCUT2D eigenvalue weighted by Gasteiger charge is -2.34. The number of nitrogens with zero attached hydrogens (tertiary/aromatic N) is 4. The van der Waals surface area contributed by atoms with Crippen molar-refractivity contribution in [2.75, 3.05) is 4.90 Å². The van der Waals surface area contributed by atoms with Crippen molar-refractivity contribution < 1.29 is 0 Å². The van der Waals surface area contributed by atoms with E-state index in [9.17, 15) is 0 Å². The summed E-state index contributed by atoms with van der Waals surface area (Å²) >= 11 is 0. The highest BCUT2D eigenvalue weighted by Gasteiger charge is 2.46. The van der Waals surface area contributed by atoms with Crippen molar-refractivity contribution >= 4 is 17.1 Å². The molecule has 0 saturated heterocycles. The molecule has 320 valence electrons. The average Bonchev–Trinajstić information content (AvgIpc) is 3.73. The number of hydrogen-bond donors (Lipinski definition) is 0. The number of aromatic nitrogens is 3. The molecule has 11 aromatic rings. The van der Waals surface area contributed by atoms with Gasteiger partial charge in [-0.15, -0.1) is 0 Å². The predicted molar refractivity (Wildman–Crippen MR) is 279 cm³/mol. The molecule has 1 heterocycles. The van der Waals surface area contributed by atoms with Gasteiger partial charge in [0.05, 0.1) is 5.41 Å². The Balaban J connectivity index is 0.982. The van der Waals surface area contributed by atoms with Gasteiger partial charge in [0.1, 0.15) is 0 Å². The Hall–Kier alpha value is -8.99. The summed E-state index contributed by atoms with van der Waals surface area (Å²) in [6, 6.07) is 95.1. The maximum Gasteiger partial charge on any atom is 0.164 e. The monoisotopic (exact) mass is 868 g/mol. The van der Waals surface area contributed by atoms with E-state index in [-0.39, 0.29) is 0 Å². The van der Waals surface area contributed by atoms with Gasteiger partial charge in [0.2, 0.25) is 0 Å². The molecule has 4 heteroatoms. The Morgan fingerprint density at radius 1 is 0.235 bits per heavy atom. The van der Waals surface area contributed by atoms with Gasteiger partial charge >= 0.3 is 0 Å². The molecule has 0 N–H and O–H groups in total. The lowest BCUT2D eigenvalue weighted by Crippen LogP contribution is -2.28. The summed E-state index contributed by atoms with van der Waals surface area (Å²) in [7, 11) is 0. The standard InChI is InChI=1S/C64H44N4/c1-5-17-45(18-6-1)47-31-39-54(40-32-47)68(55-41-33-48(34-42-55)46-19-7-2-8-20-46)56-43-37-53(38-44-56)64(59-27-15-13-25-57(59)58-26-14-16-28-60(58)64)52-35-29-51(30-36-52)63-66-61(49-21-9-3-10-22-49)65-62(67-63)50-23-11-4-12-24-50/h1-44H. The van der Waals surface area contributed by atoms with Crippen molar-refractivity contribution in [3.8, 4) is 67.5 Å². The third-order valence-corrected chi connectivity index (χ3v) is 13.3. The van der Waals surface area contributed by atoms with E-state index in [1.807, 2.05) is 60.7 Å². The Morgan fingerprint density at radius 3 is 0.882 bits per heavy atom. The van der Waals surface area contributed by atoms with E-state index in [0.29, 0.717) is 17.5 Å². The van der Waals surface area contributed by atoms with Crippen molar-refractivity contribution in [3.63, 3.8) is 0 Å². The zero-order valence-electron chi connectivity index (χ0n) is 37.2. The first-order valence-corrected chi connectivity index (χ1v) is 23.1. The molecular formula is C64H44N4. The van der Waals surface area contributed by atoms with E-state index in [4.69, 9.17) is 15.0 Å². The van der Waals surface area contributed by atoms with Crippen LogP contribution in [-0.4, -0.2) is 15.0 Å². The second-order valence-electron chi connectivity index (χ2n) is 17.2. The highest BCUT2D eigenvalue weighted by Crippen LogP contribution is 2.56. The first-order valence-electron chi connectivity index (χ1n) is 23.1. The van der Waals surface area contributed by atoms with E-state index in [2.05, 4.69) is 211 Å². The van der Waals surface area contributed by atoms with Crippen LogP contribution < -0.4 is 4.90 Å². The van der Waals surface area contributed by atoms with E-state index >= 15 is 0 Å². The summed E-state index contributed by atoms with van der Waals surface area (Å²) in [6.07, 6.45) is 0. The third kappa shape index (κ3) is 7.25. The van der Waals surface area contributed by atoms with Crippen LogP contribution in [0.15, 0.2) is 267 Å². The molecule has 0 radical (unpaired) electrons. The van der Waals surface area contributed by atoms with Crippen molar-refractivity contribution in [2.24, 2.45) is 0 Å². The number of anilines is 3. The number of rotatable bonds is 10. The van der Waals surface area contributed by atoms with Gasteiger partial charge in [-0.1, -0.05) is 231 Å². The maximum atomic E-state index is 5.06. The molecule has 68 heavy (non-hydrogen) atoms. The van der Waals surface area contributed by atoms with Crippen molar-refractivity contribution in [3.05, 3.63) is 289 Å². The summed E-state index contributed by atoms with van der Waals surface area (Å²) in [5.41, 5.74) is 17.5. The molecule has 1 aromatic heterocycles. The van der Waals surface area contributed by atoms with Crippen LogP contribution in [0.2, 0.25) is 0 Å². The zero-order valence-corrected chi connectivity index (χ0v) is 37.2. The van der Waals surface area contributed by atoms with E-state index in [0.717, 1.165) is 39.3 Å². The number of benzene rings is 10. The molecule has 0 atom stereocenters. The van der Waals surface area contributed by atoms with Gasteiger partial charge < -0.3 is 4.90 Å². The van der Waals surface area contributed by atoms with Crippen molar-refractivity contribution in [2.45, 2.75) is 5.41 Å². The molecular weight excluding hydrogens is 825 g/mol. The topological polar surface area (TPSA) is 41.9 Å². The first kappa shape index (κ1) is 40.5. The SMILES string of the molecule is c1ccc(-c2ccc(N(c3ccc(-c4ccccc4)cc3)c3ccc(C4(c5ccc(-c6nc(-c7ccccc7)nc(-c7ccccc7)n6)cc5)c5ccccc5-c5ccccc54)cc3)cc2)cc1. The van der Waals surface area contributed by atoms with Gasteiger partial charge in [0.15, 0.2) is 17.5 Å². The second-order valence-corrected chi connectivity index (χ2v) is 17.2. The molecule has 0 aliphatic heterocycles. The van der Waals surface area contributed by atoms with Gasteiger partial charge in [0.25, 0.3) is 0 Å². The van der Waals surface area contributed by atoms with Crippen LogP contribution in [0.1, 0.15) is 22.3 Å². The molecule has 10 aromatic carbocycles. The summed E-state index contributed by atoms with van der Waals surface area (Å²) in [6.45, 7) is 0. The summed E-state index contributed by atoms with van der Waals surface area (Å²) in [5.74, 6) is 1.91. The fourth-order valence-electron chi connectivity index (χ4n) is 10.0. The molecule has 12 rings (SSSR count). The zero-order chi connectivity index (χ0) is 45.3. The Labute approximate surface area is 397 Å². The summed E-state index contributed by atoms with van der Waals surface area (Å²) in [5, 5.41) is 0. The minimum Gasteiger partial charge on any atom is -0.311 e. The molecule has 0 amide bonds. The minimum absolute atomic E-state index is 0.604. The van der Waals surface area contributed by atoms with Crippen LogP contribution in [0, 0.1) is 0 Å². The van der Waals surface area contributed by atoms with Gasteiger partial charge in [-0.05, 0) is 92.0 Å². The van der Waals surface area contributed by atoms with Crippen LogP contribution in [0.5, 0.6) is 0 Å². The van der Waals surface area contributed by atoms with Crippen molar-refractivity contribution in [1.82, 2.24) is 15.0 Å². The number of fused-ring (bicyclic) bond motifs is 3. The quantitative estimate of drug-likeness (QED) is 0.137. The van der Waals surface area contributed by atoms with E-state index in [1.165, 1.54) is 50.1 Å². The Kier molecular flexibility index (Phi) is 10.4. The molecule has 0 saturated carbocycles. The van der Waals surface area contributed by atoms with Crippen LogP contribution in [-0.2, 0) is 5.41 Å². The molecule has 0 bridgehead atoms. The van der Waals surface area contributed by atoms with Gasteiger partial charge in [-0.25, -0.2) is 15.0 Å². The van der Waals surface area contributed by atoms with Crippen LogP contribution in [0.4, 0.5) is 17.1 Å². The molecule has 4 nitrogen and oxygen atoms in total. The maximum absolute atomic E-state index is 5.06. The lowest BCUT2D eigenvalue weighted by atomic mass is 9.67. The highest BCUT2D eigenvalue weighted by atomic mass is 15.1. The molecule has 1 aliphatic carbocycles. The summed E-state index contributed by atoms with van der Waals surface area (Å²) < 4.78 is 0. The predicted octanol–water partition coefficient (Wildman–Crippen LogP) is 16.0. The molecule has 0 unspecified atom stereocenters. The Morgan fingerprint density at radius 2 is 0.500 bits per heavy atom. The van der Waals surface area contributed by atoms with E-state index in [1.54, 1.807) is 0 Å². The smallest absolute Gasteiger partial charge is 0.164 e. The largest absolute Gasteiger partial charge is 0.311 e. The van der Waals surface area contributed by atoms with Gasteiger partial charge in [-0.3, -0.25) is 0 Å².